The fourth-order valence-corrected chi connectivity index (χ4v) is 3.75. The van der Waals surface area contributed by atoms with Gasteiger partial charge in [-0.25, -0.2) is 0 Å². The van der Waals surface area contributed by atoms with Gasteiger partial charge in [-0.1, -0.05) is 37.0 Å². The highest BCUT2D eigenvalue weighted by molar-refractivity contribution is 5.36. The number of ether oxygens (including phenoxy) is 2. The van der Waals surface area contributed by atoms with Gasteiger partial charge in [0.2, 0.25) is 0 Å². The molecule has 2 aliphatic rings. The minimum absolute atomic E-state index is 0.0331. The third-order valence-electron chi connectivity index (χ3n) is 4.89. The van der Waals surface area contributed by atoms with Crippen LogP contribution in [-0.2, 0) is 11.3 Å². The van der Waals surface area contributed by atoms with Gasteiger partial charge in [-0.3, -0.25) is 0 Å². The summed E-state index contributed by atoms with van der Waals surface area (Å²) in [5, 5.41) is 9.51. The lowest BCUT2D eigenvalue weighted by Crippen LogP contribution is -2.45. The molecule has 1 saturated heterocycles. The molecule has 1 aromatic carbocycles. The Labute approximate surface area is 127 Å². The minimum atomic E-state index is 0.0331. The number of hydrogen-bond acceptors (Lipinski definition) is 3. The third-order valence-corrected chi connectivity index (χ3v) is 4.89. The largest absolute Gasteiger partial charge is 0.490 e. The number of aliphatic hydroxyl groups is 1. The highest BCUT2D eigenvalue weighted by atomic mass is 16.5. The highest BCUT2D eigenvalue weighted by Gasteiger charge is 2.39. The van der Waals surface area contributed by atoms with Crippen LogP contribution in [0, 0.1) is 6.92 Å². The molecule has 1 saturated carbocycles. The summed E-state index contributed by atoms with van der Waals surface area (Å²) >= 11 is 0. The smallest absolute Gasteiger partial charge is 0.125 e. The zero-order valence-electron chi connectivity index (χ0n) is 12.9. The molecule has 116 valence electrons. The van der Waals surface area contributed by atoms with Gasteiger partial charge in [-0.05, 0) is 25.8 Å². The Hall–Kier alpha value is -1.06. The predicted molar refractivity (Wildman–Crippen MR) is 82.5 cm³/mol. The van der Waals surface area contributed by atoms with Crippen molar-refractivity contribution in [2.24, 2.45) is 0 Å². The van der Waals surface area contributed by atoms with E-state index in [2.05, 4.69) is 0 Å². The molecule has 1 aliphatic carbocycles. The van der Waals surface area contributed by atoms with E-state index in [1.807, 2.05) is 25.1 Å². The van der Waals surface area contributed by atoms with E-state index in [4.69, 9.17) is 9.47 Å². The average molecular weight is 290 g/mol. The van der Waals surface area contributed by atoms with Crippen LogP contribution < -0.4 is 4.74 Å². The van der Waals surface area contributed by atoms with Crippen molar-refractivity contribution in [2.45, 2.75) is 70.2 Å². The van der Waals surface area contributed by atoms with Gasteiger partial charge in [0.15, 0.2) is 0 Å². The van der Waals surface area contributed by atoms with Gasteiger partial charge in [0.1, 0.15) is 11.9 Å². The molecule has 0 aromatic heterocycles. The van der Waals surface area contributed by atoms with E-state index >= 15 is 0 Å². The van der Waals surface area contributed by atoms with Gasteiger partial charge in [-0.2, -0.15) is 0 Å². The number of rotatable bonds is 3. The second-order valence-corrected chi connectivity index (χ2v) is 6.59. The van der Waals surface area contributed by atoms with Crippen molar-refractivity contribution in [3.63, 3.8) is 0 Å². The van der Waals surface area contributed by atoms with Crippen molar-refractivity contribution in [3.8, 4) is 5.75 Å². The molecule has 1 aliphatic heterocycles. The van der Waals surface area contributed by atoms with Crippen LogP contribution in [0.5, 0.6) is 5.75 Å². The SMILES string of the molecule is Cc1ccc(OC2CCOC3(CCCCC3)C2)c(CO)c1. The molecule has 2 fully saturated rings. The summed E-state index contributed by atoms with van der Waals surface area (Å²) in [7, 11) is 0. The van der Waals surface area contributed by atoms with Crippen LogP contribution in [0.3, 0.4) is 0 Å². The van der Waals surface area contributed by atoms with Crippen molar-refractivity contribution in [3.05, 3.63) is 29.3 Å². The molecule has 3 rings (SSSR count). The number of aliphatic hydroxyl groups excluding tert-OH is 1. The third kappa shape index (κ3) is 3.41. The molecule has 0 bridgehead atoms. The number of aryl methyl sites for hydroxylation is 1. The Kier molecular flexibility index (Phi) is 4.51. The number of benzene rings is 1. The number of hydrogen-bond donors (Lipinski definition) is 1. The van der Waals surface area contributed by atoms with Crippen molar-refractivity contribution >= 4 is 0 Å². The highest BCUT2D eigenvalue weighted by Crippen LogP contribution is 2.39. The minimum Gasteiger partial charge on any atom is -0.490 e. The Bertz CT molecular complexity index is 472. The molecular formula is C18H26O3. The van der Waals surface area contributed by atoms with Crippen molar-refractivity contribution in [1.29, 1.82) is 0 Å². The summed E-state index contributed by atoms with van der Waals surface area (Å²) in [6, 6.07) is 6.04. The first kappa shape index (κ1) is 14.9. The first-order valence-corrected chi connectivity index (χ1v) is 8.22. The molecule has 1 heterocycles. The van der Waals surface area contributed by atoms with Crippen LogP contribution in [0.4, 0.5) is 0 Å². The quantitative estimate of drug-likeness (QED) is 0.921. The van der Waals surface area contributed by atoms with Crippen molar-refractivity contribution in [1.82, 2.24) is 0 Å². The topological polar surface area (TPSA) is 38.7 Å². The maximum Gasteiger partial charge on any atom is 0.125 e. The summed E-state index contributed by atoms with van der Waals surface area (Å²) in [6.45, 7) is 2.87. The van der Waals surface area contributed by atoms with Crippen LogP contribution in [0.15, 0.2) is 18.2 Å². The van der Waals surface area contributed by atoms with Crippen LogP contribution in [0.25, 0.3) is 0 Å². The van der Waals surface area contributed by atoms with Gasteiger partial charge in [0, 0.05) is 18.4 Å². The molecular weight excluding hydrogens is 264 g/mol. The van der Waals surface area contributed by atoms with Gasteiger partial charge in [0.05, 0.1) is 18.8 Å². The van der Waals surface area contributed by atoms with E-state index in [1.54, 1.807) is 0 Å². The van der Waals surface area contributed by atoms with Gasteiger partial charge in [0.25, 0.3) is 0 Å². The van der Waals surface area contributed by atoms with E-state index in [9.17, 15) is 5.11 Å². The first-order chi connectivity index (χ1) is 10.2. The van der Waals surface area contributed by atoms with E-state index in [0.717, 1.165) is 36.3 Å². The zero-order valence-corrected chi connectivity index (χ0v) is 12.9. The fraction of sp³-hybridized carbons (Fsp3) is 0.667. The van der Waals surface area contributed by atoms with Crippen LogP contribution in [-0.4, -0.2) is 23.4 Å². The second kappa shape index (κ2) is 6.37. The van der Waals surface area contributed by atoms with Gasteiger partial charge < -0.3 is 14.6 Å². The Balaban J connectivity index is 1.70. The zero-order chi connectivity index (χ0) is 14.7. The standard InChI is InChI=1S/C18H26O3/c1-14-5-6-17(15(11-14)13-19)21-16-7-10-20-18(12-16)8-3-2-4-9-18/h5-6,11,16,19H,2-4,7-10,12-13H2,1H3. The Morgan fingerprint density at radius 3 is 2.86 bits per heavy atom. The van der Waals surface area contributed by atoms with Crippen LogP contribution in [0.2, 0.25) is 0 Å². The Morgan fingerprint density at radius 2 is 2.10 bits per heavy atom. The van der Waals surface area contributed by atoms with E-state index in [-0.39, 0.29) is 18.3 Å². The average Bonchev–Trinajstić information content (AvgIpc) is 2.50. The van der Waals surface area contributed by atoms with Gasteiger partial charge in [-0.15, -0.1) is 0 Å². The summed E-state index contributed by atoms with van der Waals surface area (Å²) < 4.78 is 12.3. The molecule has 1 spiro atoms. The van der Waals surface area contributed by atoms with Gasteiger partial charge >= 0.3 is 0 Å². The Morgan fingerprint density at radius 1 is 1.29 bits per heavy atom. The lowest BCUT2D eigenvalue weighted by Gasteiger charge is -2.43. The molecule has 1 N–H and O–H groups in total. The fourth-order valence-electron chi connectivity index (χ4n) is 3.75. The molecule has 21 heavy (non-hydrogen) atoms. The lowest BCUT2D eigenvalue weighted by molar-refractivity contribution is -0.129. The van der Waals surface area contributed by atoms with Crippen molar-refractivity contribution in [2.75, 3.05) is 6.61 Å². The first-order valence-electron chi connectivity index (χ1n) is 8.22. The molecule has 0 amide bonds. The normalized spacial score (nSPS) is 25.0. The molecule has 1 unspecified atom stereocenters. The molecule has 3 nitrogen and oxygen atoms in total. The van der Waals surface area contributed by atoms with Crippen molar-refractivity contribution < 1.29 is 14.6 Å². The second-order valence-electron chi connectivity index (χ2n) is 6.59. The van der Waals surface area contributed by atoms with Crippen LogP contribution >= 0.6 is 0 Å². The van der Waals surface area contributed by atoms with Crippen LogP contribution in [0.1, 0.15) is 56.1 Å². The molecule has 1 aromatic rings. The summed E-state index contributed by atoms with van der Waals surface area (Å²) in [5.41, 5.74) is 2.10. The maximum atomic E-state index is 9.51. The maximum absolute atomic E-state index is 9.51. The summed E-state index contributed by atoms with van der Waals surface area (Å²) in [5.74, 6) is 0.834. The molecule has 3 heteroatoms. The van der Waals surface area contributed by atoms with E-state index < -0.39 is 0 Å². The lowest BCUT2D eigenvalue weighted by atomic mass is 9.79. The predicted octanol–water partition coefficient (Wildman–Crippen LogP) is 3.75. The monoisotopic (exact) mass is 290 g/mol. The summed E-state index contributed by atoms with van der Waals surface area (Å²) in [4.78, 5) is 0. The molecule has 1 atom stereocenters. The summed E-state index contributed by atoms with van der Waals surface area (Å²) in [6.07, 6.45) is 8.39. The molecule has 0 radical (unpaired) electrons. The van der Waals surface area contributed by atoms with E-state index in [0.29, 0.717) is 0 Å². The van der Waals surface area contributed by atoms with E-state index in [1.165, 1.54) is 32.1 Å².